The van der Waals surface area contributed by atoms with Gasteiger partial charge in [0.05, 0.1) is 5.56 Å². The summed E-state index contributed by atoms with van der Waals surface area (Å²) in [5.74, 6) is -0.941. The second-order valence-electron chi connectivity index (χ2n) is 6.55. The molecule has 1 aliphatic rings. The lowest BCUT2D eigenvalue weighted by Crippen LogP contribution is -2.25. The van der Waals surface area contributed by atoms with Crippen molar-refractivity contribution in [2.45, 2.75) is 20.1 Å². The molecular weight excluding hydrogens is 375 g/mol. The molecule has 29 heavy (non-hydrogen) atoms. The normalized spacial score (nSPS) is 15.8. The number of hydrogen-bond donors (Lipinski definition) is 0. The number of carbonyl (C=O) groups is 2. The lowest BCUT2D eigenvalue weighted by Gasteiger charge is -2.19. The Labute approximate surface area is 166 Å². The van der Waals surface area contributed by atoms with Crippen molar-refractivity contribution in [1.82, 2.24) is 5.01 Å². The van der Waals surface area contributed by atoms with Crippen molar-refractivity contribution in [3.8, 4) is 5.75 Å². The van der Waals surface area contributed by atoms with E-state index in [1.54, 1.807) is 12.1 Å². The van der Waals surface area contributed by atoms with Gasteiger partial charge in [-0.25, -0.2) is 4.39 Å². The molecule has 0 fully saturated rings. The molecule has 146 valence electrons. The summed E-state index contributed by atoms with van der Waals surface area (Å²) in [5.41, 5.74) is 0.886. The Bertz CT molecular complexity index is 1160. The highest BCUT2D eigenvalue weighted by atomic mass is 19.1. The van der Waals surface area contributed by atoms with E-state index in [4.69, 9.17) is 9.47 Å². The van der Waals surface area contributed by atoms with E-state index in [0.717, 1.165) is 15.8 Å². The summed E-state index contributed by atoms with van der Waals surface area (Å²) in [7, 11) is 0. The molecule has 0 unspecified atom stereocenters. The fraction of sp³-hybridized carbons (Fsp3) is 0.136. The van der Waals surface area contributed by atoms with Crippen LogP contribution in [0.4, 0.5) is 4.39 Å². The summed E-state index contributed by atoms with van der Waals surface area (Å²) >= 11 is 0. The first-order valence-electron chi connectivity index (χ1n) is 8.95. The second kappa shape index (κ2) is 7.35. The van der Waals surface area contributed by atoms with E-state index in [9.17, 15) is 14.0 Å². The largest absolute Gasteiger partial charge is 0.446 e. The van der Waals surface area contributed by atoms with Crippen molar-refractivity contribution < 1.29 is 23.5 Å². The quantitative estimate of drug-likeness (QED) is 0.496. The van der Waals surface area contributed by atoms with Gasteiger partial charge in [-0.2, -0.15) is 5.01 Å². The van der Waals surface area contributed by atoms with Gasteiger partial charge in [-0.15, -0.1) is 5.10 Å². The maximum atomic E-state index is 13.7. The number of halogens is 1. The highest BCUT2D eigenvalue weighted by Crippen LogP contribution is 2.36. The average molecular weight is 392 g/mol. The van der Waals surface area contributed by atoms with Crippen molar-refractivity contribution in [2.24, 2.45) is 5.10 Å². The zero-order valence-corrected chi connectivity index (χ0v) is 15.8. The number of nitrogens with zero attached hydrogens (tertiary/aromatic N) is 2. The van der Waals surface area contributed by atoms with E-state index in [1.807, 2.05) is 30.3 Å². The highest BCUT2D eigenvalue weighted by molar-refractivity contribution is 6.10. The highest BCUT2D eigenvalue weighted by Gasteiger charge is 2.35. The van der Waals surface area contributed by atoms with Crippen LogP contribution in [-0.4, -0.2) is 22.8 Å². The molecule has 4 rings (SSSR count). The van der Waals surface area contributed by atoms with Crippen molar-refractivity contribution >= 4 is 28.5 Å². The molecule has 0 bridgehead atoms. The van der Waals surface area contributed by atoms with Crippen LogP contribution in [0.25, 0.3) is 10.8 Å². The third kappa shape index (κ3) is 3.54. The van der Waals surface area contributed by atoms with Crippen LogP contribution < -0.4 is 4.74 Å². The molecule has 3 aromatic carbocycles. The van der Waals surface area contributed by atoms with Crippen LogP contribution in [0.3, 0.4) is 0 Å². The summed E-state index contributed by atoms with van der Waals surface area (Å²) in [6.07, 6.45) is -0.928. The molecule has 3 aromatic rings. The van der Waals surface area contributed by atoms with Gasteiger partial charge < -0.3 is 9.47 Å². The average Bonchev–Trinajstić information content (AvgIpc) is 3.13. The van der Waals surface area contributed by atoms with E-state index in [1.165, 1.54) is 32.0 Å². The molecule has 6 nitrogen and oxygen atoms in total. The number of hydrazone groups is 1. The summed E-state index contributed by atoms with van der Waals surface area (Å²) in [6, 6.07) is 16.7. The van der Waals surface area contributed by atoms with E-state index >= 15 is 0 Å². The summed E-state index contributed by atoms with van der Waals surface area (Å²) in [5, 5.41) is 7.10. The van der Waals surface area contributed by atoms with Gasteiger partial charge in [-0.3, -0.25) is 9.59 Å². The fourth-order valence-electron chi connectivity index (χ4n) is 3.26. The van der Waals surface area contributed by atoms with Crippen LogP contribution in [0.5, 0.6) is 5.75 Å². The van der Waals surface area contributed by atoms with Crippen LogP contribution in [0.2, 0.25) is 0 Å². The first-order chi connectivity index (χ1) is 13.9. The zero-order chi connectivity index (χ0) is 20.5. The molecule has 1 heterocycles. The van der Waals surface area contributed by atoms with Gasteiger partial charge in [-0.05, 0) is 29.0 Å². The van der Waals surface area contributed by atoms with E-state index in [0.29, 0.717) is 11.1 Å². The van der Waals surface area contributed by atoms with Crippen molar-refractivity contribution in [3.63, 3.8) is 0 Å². The van der Waals surface area contributed by atoms with Crippen molar-refractivity contribution in [1.29, 1.82) is 0 Å². The van der Waals surface area contributed by atoms with Gasteiger partial charge in [0.25, 0.3) is 0 Å². The maximum Gasteiger partial charge on any atom is 0.308 e. The molecule has 0 saturated heterocycles. The standard InChI is InChI=1S/C22H17FN2O4/c1-13(26)25-22(16-7-5-8-17(23)12-16)29-21(24-25)20-18-9-4-3-6-15(18)10-11-19(20)28-14(2)27/h3-12,22H,1-2H3/t22-/m1/s1. The second-order valence-corrected chi connectivity index (χ2v) is 6.55. The minimum absolute atomic E-state index is 0.113. The number of esters is 1. The number of hydrogen-bond acceptors (Lipinski definition) is 5. The lowest BCUT2D eigenvalue weighted by molar-refractivity contribution is -0.135. The van der Waals surface area contributed by atoms with E-state index in [-0.39, 0.29) is 17.6 Å². The summed E-state index contributed by atoms with van der Waals surface area (Å²) in [6.45, 7) is 2.64. The van der Waals surface area contributed by atoms with E-state index < -0.39 is 18.0 Å². The Morgan fingerprint density at radius 3 is 2.59 bits per heavy atom. The topological polar surface area (TPSA) is 68.2 Å². The smallest absolute Gasteiger partial charge is 0.308 e. The van der Waals surface area contributed by atoms with Crippen LogP contribution >= 0.6 is 0 Å². The summed E-state index contributed by atoms with van der Waals surface area (Å²) < 4.78 is 25.1. The van der Waals surface area contributed by atoms with Gasteiger partial charge in [0.1, 0.15) is 11.6 Å². The van der Waals surface area contributed by atoms with Crippen LogP contribution in [0, 0.1) is 5.82 Å². The van der Waals surface area contributed by atoms with Crippen molar-refractivity contribution in [3.05, 3.63) is 77.6 Å². The number of rotatable bonds is 3. The van der Waals surface area contributed by atoms with Crippen LogP contribution in [0.1, 0.15) is 31.2 Å². The Morgan fingerprint density at radius 2 is 1.86 bits per heavy atom. The molecule has 7 heteroatoms. The van der Waals surface area contributed by atoms with Gasteiger partial charge in [0.2, 0.25) is 18.0 Å². The SMILES string of the molecule is CC(=O)Oc1ccc2ccccc2c1C1=NN(C(C)=O)[C@@H](c2cccc(F)c2)O1. The minimum atomic E-state index is -0.928. The fourth-order valence-corrected chi connectivity index (χ4v) is 3.26. The van der Waals surface area contributed by atoms with Crippen LogP contribution in [-0.2, 0) is 14.3 Å². The number of ether oxygens (including phenoxy) is 2. The monoisotopic (exact) mass is 392 g/mol. The number of fused-ring (bicyclic) bond motifs is 1. The Balaban J connectivity index is 1.86. The molecule has 0 radical (unpaired) electrons. The molecule has 1 amide bonds. The van der Waals surface area contributed by atoms with Gasteiger partial charge in [0.15, 0.2) is 0 Å². The minimum Gasteiger partial charge on any atom is -0.446 e. The third-order valence-corrected chi connectivity index (χ3v) is 4.46. The molecular formula is C22H17FN2O4. The molecule has 0 N–H and O–H groups in total. The van der Waals surface area contributed by atoms with Gasteiger partial charge in [-0.1, -0.05) is 42.5 Å². The third-order valence-electron chi connectivity index (χ3n) is 4.46. The Hall–Kier alpha value is -3.74. The Morgan fingerprint density at radius 1 is 1.07 bits per heavy atom. The first kappa shape index (κ1) is 18.6. The summed E-state index contributed by atoms with van der Waals surface area (Å²) in [4.78, 5) is 23.8. The zero-order valence-electron chi connectivity index (χ0n) is 15.8. The van der Waals surface area contributed by atoms with Crippen molar-refractivity contribution in [2.75, 3.05) is 0 Å². The molecule has 0 saturated carbocycles. The number of carbonyl (C=O) groups excluding carboxylic acids is 2. The molecule has 0 aliphatic carbocycles. The molecule has 1 atom stereocenters. The number of amides is 1. The maximum absolute atomic E-state index is 13.7. The Kier molecular flexibility index (Phi) is 4.72. The predicted molar refractivity (Wildman–Crippen MR) is 105 cm³/mol. The van der Waals surface area contributed by atoms with E-state index in [2.05, 4.69) is 5.10 Å². The predicted octanol–water partition coefficient (Wildman–Crippen LogP) is 4.14. The lowest BCUT2D eigenvalue weighted by atomic mass is 10.0. The van der Waals surface area contributed by atoms with Gasteiger partial charge >= 0.3 is 5.97 Å². The van der Waals surface area contributed by atoms with Crippen LogP contribution in [0.15, 0.2) is 65.8 Å². The molecule has 0 aromatic heterocycles. The molecule has 1 aliphatic heterocycles. The number of benzene rings is 3. The van der Waals surface area contributed by atoms with Gasteiger partial charge in [0, 0.05) is 19.4 Å². The molecule has 0 spiro atoms. The first-order valence-corrected chi connectivity index (χ1v) is 8.95.